The summed E-state index contributed by atoms with van der Waals surface area (Å²) in [6.07, 6.45) is -0.277. The molecule has 0 saturated carbocycles. The fraction of sp³-hybridized carbons (Fsp3) is 0.261. The SMILES string of the molecule is COc1ccc2ccccc2c1C1C(C(=O)OC(C)C)=C(C)Nc2nc(=S)[nH]c(N)c21. The first-order valence-corrected chi connectivity index (χ1v) is 10.4. The largest absolute Gasteiger partial charge is 0.496 e. The third kappa shape index (κ3) is 3.63. The Hall–Kier alpha value is -3.39. The number of fused-ring (bicyclic) bond motifs is 2. The molecule has 0 fully saturated rings. The minimum atomic E-state index is -0.567. The molecule has 0 aliphatic carbocycles. The molecule has 4 N–H and O–H groups in total. The first kappa shape index (κ1) is 20.9. The number of nitrogens with zero attached hydrogens (tertiary/aromatic N) is 1. The lowest BCUT2D eigenvalue weighted by atomic mass is 9.79. The summed E-state index contributed by atoms with van der Waals surface area (Å²) in [5.74, 6) is 0.501. The van der Waals surface area contributed by atoms with Gasteiger partial charge in [0.1, 0.15) is 17.4 Å². The summed E-state index contributed by atoms with van der Waals surface area (Å²) < 4.78 is 11.6. The fourth-order valence-electron chi connectivity index (χ4n) is 4.08. The summed E-state index contributed by atoms with van der Waals surface area (Å²) in [4.78, 5) is 20.6. The number of nitrogens with two attached hydrogens (primary N) is 1. The van der Waals surface area contributed by atoms with Gasteiger partial charge in [-0.05, 0) is 49.8 Å². The summed E-state index contributed by atoms with van der Waals surface area (Å²) >= 11 is 5.22. The molecule has 0 spiro atoms. The number of H-pyrrole nitrogens is 1. The van der Waals surface area contributed by atoms with E-state index in [0.717, 1.165) is 16.3 Å². The third-order valence-electron chi connectivity index (χ3n) is 5.29. The van der Waals surface area contributed by atoms with Crippen LogP contribution < -0.4 is 15.8 Å². The number of carbonyl (C=O) groups excluding carboxylic acids is 1. The van der Waals surface area contributed by atoms with Crippen LogP contribution in [0.2, 0.25) is 0 Å². The molecule has 160 valence electrons. The molecule has 0 radical (unpaired) electrons. The van der Waals surface area contributed by atoms with Gasteiger partial charge in [0.25, 0.3) is 0 Å². The van der Waals surface area contributed by atoms with Gasteiger partial charge in [-0.25, -0.2) is 9.78 Å². The number of aromatic nitrogens is 2. The van der Waals surface area contributed by atoms with Crippen LogP contribution in [0.25, 0.3) is 10.8 Å². The number of anilines is 2. The Bertz CT molecular complexity index is 1280. The third-order valence-corrected chi connectivity index (χ3v) is 5.48. The van der Waals surface area contributed by atoms with Gasteiger partial charge >= 0.3 is 5.97 Å². The number of carbonyl (C=O) groups is 1. The molecule has 1 aliphatic heterocycles. The monoisotopic (exact) mass is 436 g/mol. The van der Waals surface area contributed by atoms with Crippen LogP contribution in [0, 0.1) is 4.77 Å². The van der Waals surface area contributed by atoms with Crippen LogP contribution in [0.5, 0.6) is 5.75 Å². The second-order valence-corrected chi connectivity index (χ2v) is 8.06. The normalized spacial score (nSPS) is 15.6. The number of nitrogens with one attached hydrogen (secondary N) is 2. The Labute approximate surface area is 185 Å². The predicted molar refractivity (Wildman–Crippen MR) is 124 cm³/mol. The van der Waals surface area contributed by atoms with E-state index in [4.69, 9.17) is 27.4 Å². The summed E-state index contributed by atoms with van der Waals surface area (Å²) in [6.45, 7) is 5.46. The van der Waals surface area contributed by atoms with Crippen LogP contribution in [0.3, 0.4) is 0 Å². The molecule has 0 amide bonds. The molecule has 7 nitrogen and oxygen atoms in total. The van der Waals surface area contributed by atoms with Crippen LogP contribution in [0.15, 0.2) is 47.7 Å². The maximum atomic E-state index is 13.3. The van der Waals surface area contributed by atoms with Gasteiger partial charge in [0.05, 0.1) is 24.7 Å². The van der Waals surface area contributed by atoms with E-state index >= 15 is 0 Å². The second kappa shape index (κ2) is 8.03. The van der Waals surface area contributed by atoms with E-state index in [9.17, 15) is 4.79 Å². The van der Waals surface area contributed by atoms with Gasteiger partial charge in [0, 0.05) is 16.8 Å². The van der Waals surface area contributed by atoms with Crippen LogP contribution in [0.1, 0.15) is 37.8 Å². The van der Waals surface area contributed by atoms with Gasteiger partial charge in [-0.2, -0.15) is 0 Å². The summed E-state index contributed by atoms with van der Waals surface area (Å²) in [7, 11) is 1.61. The van der Waals surface area contributed by atoms with E-state index in [2.05, 4.69) is 15.3 Å². The van der Waals surface area contributed by atoms with Crippen molar-refractivity contribution in [3.63, 3.8) is 0 Å². The van der Waals surface area contributed by atoms with Crippen LogP contribution in [-0.2, 0) is 9.53 Å². The molecule has 2 aromatic carbocycles. The Morgan fingerprint density at radius 2 is 1.94 bits per heavy atom. The molecule has 0 bridgehead atoms. The van der Waals surface area contributed by atoms with Crippen molar-refractivity contribution in [1.82, 2.24) is 9.97 Å². The number of benzene rings is 2. The summed E-state index contributed by atoms with van der Waals surface area (Å²) in [6, 6.07) is 11.8. The van der Waals surface area contributed by atoms with Crippen molar-refractivity contribution in [1.29, 1.82) is 0 Å². The van der Waals surface area contributed by atoms with Crippen molar-refractivity contribution in [2.45, 2.75) is 32.8 Å². The van der Waals surface area contributed by atoms with Crippen molar-refractivity contribution in [2.24, 2.45) is 0 Å². The topological polar surface area (TPSA) is 102 Å². The molecule has 2 heterocycles. The summed E-state index contributed by atoms with van der Waals surface area (Å²) in [5, 5.41) is 5.16. The molecular formula is C23H24N4O3S. The van der Waals surface area contributed by atoms with Crippen molar-refractivity contribution in [3.8, 4) is 5.75 Å². The Morgan fingerprint density at radius 3 is 2.65 bits per heavy atom. The maximum Gasteiger partial charge on any atom is 0.337 e. The number of nitrogen functional groups attached to an aromatic ring is 1. The number of ether oxygens (including phenoxy) is 2. The number of hydrogen-bond acceptors (Lipinski definition) is 7. The molecule has 1 aliphatic rings. The minimum Gasteiger partial charge on any atom is -0.496 e. The van der Waals surface area contributed by atoms with E-state index in [1.807, 2.05) is 57.2 Å². The Morgan fingerprint density at radius 1 is 1.19 bits per heavy atom. The molecule has 3 aromatic rings. The predicted octanol–water partition coefficient (Wildman–Crippen LogP) is 4.67. The number of aromatic amines is 1. The average molecular weight is 437 g/mol. The highest BCUT2D eigenvalue weighted by molar-refractivity contribution is 7.71. The smallest absolute Gasteiger partial charge is 0.337 e. The van der Waals surface area contributed by atoms with E-state index in [1.54, 1.807) is 7.11 Å². The fourth-order valence-corrected chi connectivity index (χ4v) is 4.28. The van der Waals surface area contributed by atoms with Crippen molar-refractivity contribution >= 4 is 40.6 Å². The zero-order valence-electron chi connectivity index (χ0n) is 17.8. The van der Waals surface area contributed by atoms with Gasteiger partial charge in [-0.1, -0.05) is 30.3 Å². The molecule has 1 unspecified atom stereocenters. The van der Waals surface area contributed by atoms with Gasteiger partial charge in [-0.3, -0.25) is 0 Å². The highest BCUT2D eigenvalue weighted by Gasteiger charge is 2.38. The van der Waals surface area contributed by atoms with Crippen molar-refractivity contribution in [2.75, 3.05) is 18.2 Å². The number of rotatable bonds is 4. The molecule has 4 rings (SSSR count). The quantitative estimate of drug-likeness (QED) is 0.403. The number of allylic oxidation sites excluding steroid dienone is 1. The molecule has 0 saturated heterocycles. The van der Waals surface area contributed by atoms with E-state index in [0.29, 0.717) is 34.2 Å². The van der Waals surface area contributed by atoms with Crippen LogP contribution in [-0.4, -0.2) is 29.2 Å². The second-order valence-electron chi connectivity index (χ2n) is 7.67. The van der Waals surface area contributed by atoms with Crippen LogP contribution in [0.4, 0.5) is 11.6 Å². The molecule has 8 heteroatoms. The maximum absolute atomic E-state index is 13.3. The standard InChI is InChI=1S/C23H24N4O3S/c1-11(2)30-22(28)16-12(3)25-21-19(20(24)26-23(31)27-21)18(16)17-14-8-6-5-7-13(14)9-10-15(17)29-4/h5-11,18H,1-4H3,(H4,24,25,26,27,31). The minimum absolute atomic E-state index is 0.258. The first-order valence-electron chi connectivity index (χ1n) is 9.96. The van der Waals surface area contributed by atoms with Gasteiger partial charge in [0.2, 0.25) is 0 Å². The number of hydrogen-bond donors (Lipinski definition) is 3. The molecule has 31 heavy (non-hydrogen) atoms. The zero-order valence-corrected chi connectivity index (χ0v) is 18.6. The van der Waals surface area contributed by atoms with Crippen molar-refractivity contribution in [3.05, 3.63) is 63.6 Å². The van der Waals surface area contributed by atoms with E-state index in [1.165, 1.54) is 0 Å². The molecule has 1 atom stereocenters. The van der Waals surface area contributed by atoms with E-state index in [-0.39, 0.29) is 10.9 Å². The lowest BCUT2D eigenvalue weighted by Gasteiger charge is -2.32. The van der Waals surface area contributed by atoms with Gasteiger partial charge in [0.15, 0.2) is 4.77 Å². The number of esters is 1. The highest BCUT2D eigenvalue weighted by atomic mass is 32.1. The zero-order chi connectivity index (χ0) is 22.3. The first-order chi connectivity index (χ1) is 14.8. The van der Waals surface area contributed by atoms with Gasteiger partial charge in [-0.15, -0.1) is 0 Å². The highest BCUT2D eigenvalue weighted by Crippen LogP contribution is 2.48. The Balaban J connectivity index is 2.10. The molecular weight excluding hydrogens is 412 g/mol. The lowest BCUT2D eigenvalue weighted by molar-refractivity contribution is -0.142. The Kier molecular flexibility index (Phi) is 5.41. The average Bonchev–Trinajstić information content (AvgIpc) is 2.71. The van der Waals surface area contributed by atoms with Crippen molar-refractivity contribution < 1.29 is 14.3 Å². The van der Waals surface area contributed by atoms with E-state index < -0.39 is 11.9 Å². The summed E-state index contributed by atoms with van der Waals surface area (Å²) in [5.41, 5.74) is 8.93. The van der Waals surface area contributed by atoms with Crippen LogP contribution >= 0.6 is 12.2 Å². The lowest BCUT2D eigenvalue weighted by Crippen LogP contribution is -2.28. The number of methoxy groups -OCH3 is 1. The molecule has 1 aromatic heterocycles. The van der Waals surface area contributed by atoms with Gasteiger partial charge < -0.3 is 25.5 Å².